The first kappa shape index (κ1) is 14.8. The lowest BCUT2D eigenvalue weighted by molar-refractivity contribution is -0.111. The predicted molar refractivity (Wildman–Crippen MR) is 73.1 cm³/mol. The van der Waals surface area contributed by atoms with E-state index < -0.39 is 11.7 Å². The lowest BCUT2D eigenvalue weighted by Gasteiger charge is -2.51. The second kappa shape index (κ2) is 5.40. The summed E-state index contributed by atoms with van der Waals surface area (Å²) in [6.45, 7) is 6.56. The van der Waals surface area contributed by atoms with Gasteiger partial charge < -0.3 is 15.2 Å². The molecule has 0 heterocycles. The Kier molecular flexibility index (Phi) is 3.99. The van der Waals surface area contributed by atoms with Gasteiger partial charge in [0.05, 0.1) is 6.10 Å². The van der Waals surface area contributed by atoms with Gasteiger partial charge in [0.1, 0.15) is 17.1 Å². The molecule has 1 aromatic carbocycles. The van der Waals surface area contributed by atoms with Gasteiger partial charge in [0.15, 0.2) is 0 Å². The van der Waals surface area contributed by atoms with Gasteiger partial charge in [-0.1, -0.05) is 19.9 Å². The van der Waals surface area contributed by atoms with Gasteiger partial charge in [0.25, 0.3) is 5.91 Å². The molecule has 110 valence electrons. The standard InChI is InChI=1S/C15H20FNO3/c1-4-20-12-8-11(15(12,2)3)17-14(19)13-9(16)6-5-7-10(13)18/h5-7,11-12,18H,4,8H2,1-3H3,(H,17,19). The molecule has 0 bridgehead atoms. The van der Waals surface area contributed by atoms with Crippen LogP contribution in [0.25, 0.3) is 0 Å². The highest BCUT2D eigenvalue weighted by atomic mass is 19.1. The molecule has 2 rings (SSSR count). The van der Waals surface area contributed by atoms with E-state index in [2.05, 4.69) is 5.32 Å². The number of aromatic hydroxyl groups is 1. The fourth-order valence-electron chi connectivity index (χ4n) is 2.58. The molecule has 1 aliphatic carbocycles. The number of ether oxygens (including phenoxy) is 1. The zero-order valence-electron chi connectivity index (χ0n) is 11.9. The summed E-state index contributed by atoms with van der Waals surface area (Å²) in [6, 6.07) is 3.72. The van der Waals surface area contributed by atoms with Crippen LogP contribution in [0.15, 0.2) is 18.2 Å². The number of rotatable bonds is 4. The van der Waals surface area contributed by atoms with Crippen LogP contribution < -0.4 is 5.32 Å². The van der Waals surface area contributed by atoms with Crippen LogP contribution in [-0.2, 0) is 4.74 Å². The zero-order chi connectivity index (χ0) is 14.9. The summed E-state index contributed by atoms with van der Waals surface area (Å²) in [4.78, 5) is 12.1. The van der Waals surface area contributed by atoms with E-state index in [1.54, 1.807) is 0 Å². The van der Waals surface area contributed by atoms with Crippen LogP contribution >= 0.6 is 0 Å². The molecule has 1 aromatic rings. The lowest BCUT2D eigenvalue weighted by atomic mass is 9.64. The normalized spacial score (nSPS) is 24.0. The molecule has 0 spiro atoms. The van der Waals surface area contributed by atoms with Crippen molar-refractivity contribution in [2.45, 2.75) is 39.3 Å². The average Bonchev–Trinajstić information content (AvgIpc) is 2.37. The highest BCUT2D eigenvalue weighted by Crippen LogP contribution is 2.43. The number of nitrogens with one attached hydrogen (secondary N) is 1. The first-order valence-electron chi connectivity index (χ1n) is 6.77. The van der Waals surface area contributed by atoms with Crippen molar-refractivity contribution in [3.8, 4) is 5.75 Å². The largest absolute Gasteiger partial charge is 0.507 e. The topological polar surface area (TPSA) is 58.6 Å². The smallest absolute Gasteiger partial charge is 0.258 e. The Labute approximate surface area is 117 Å². The Morgan fingerprint density at radius 2 is 2.25 bits per heavy atom. The van der Waals surface area contributed by atoms with Gasteiger partial charge in [-0.3, -0.25) is 4.79 Å². The number of hydrogen-bond acceptors (Lipinski definition) is 3. The van der Waals surface area contributed by atoms with Crippen LogP contribution in [0.1, 0.15) is 37.6 Å². The highest BCUT2D eigenvalue weighted by Gasteiger charge is 2.49. The Morgan fingerprint density at radius 1 is 1.55 bits per heavy atom. The Hall–Kier alpha value is -1.62. The minimum Gasteiger partial charge on any atom is -0.507 e. The fourth-order valence-corrected chi connectivity index (χ4v) is 2.58. The van der Waals surface area contributed by atoms with E-state index in [0.717, 1.165) is 6.07 Å². The third-order valence-corrected chi connectivity index (χ3v) is 4.07. The summed E-state index contributed by atoms with van der Waals surface area (Å²) < 4.78 is 19.2. The molecule has 2 atom stereocenters. The van der Waals surface area contributed by atoms with Gasteiger partial charge in [-0.15, -0.1) is 0 Å². The quantitative estimate of drug-likeness (QED) is 0.891. The number of benzene rings is 1. The van der Waals surface area contributed by atoms with Crippen LogP contribution in [0.4, 0.5) is 4.39 Å². The molecule has 2 unspecified atom stereocenters. The fraction of sp³-hybridized carbons (Fsp3) is 0.533. The maximum absolute atomic E-state index is 13.6. The van der Waals surface area contributed by atoms with E-state index in [0.29, 0.717) is 13.0 Å². The van der Waals surface area contributed by atoms with Gasteiger partial charge in [0, 0.05) is 18.1 Å². The molecule has 4 nitrogen and oxygen atoms in total. The molecule has 1 fully saturated rings. The van der Waals surface area contributed by atoms with E-state index in [1.807, 2.05) is 20.8 Å². The van der Waals surface area contributed by atoms with E-state index in [1.165, 1.54) is 12.1 Å². The third-order valence-electron chi connectivity index (χ3n) is 4.07. The van der Waals surface area contributed by atoms with Gasteiger partial charge >= 0.3 is 0 Å². The molecule has 2 N–H and O–H groups in total. The zero-order valence-corrected chi connectivity index (χ0v) is 11.9. The third kappa shape index (κ3) is 2.50. The number of hydrogen-bond donors (Lipinski definition) is 2. The molecule has 0 radical (unpaired) electrons. The van der Waals surface area contributed by atoms with Crippen molar-refractivity contribution in [2.24, 2.45) is 5.41 Å². The monoisotopic (exact) mass is 281 g/mol. The predicted octanol–water partition coefficient (Wildman–Crippen LogP) is 2.46. The first-order valence-corrected chi connectivity index (χ1v) is 6.77. The Balaban J connectivity index is 2.07. The van der Waals surface area contributed by atoms with Crippen molar-refractivity contribution in [2.75, 3.05) is 6.61 Å². The highest BCUT2D eigenvalue weighted by molar-refractivity contribution is 5.97. The number of halogens is 1. The minimum atomic E-state index is -0.721. The summed E-state index contributed by atoms with van der Waals surface area (Å²) in [7, 11) is 0. The van der Waals surface area contributed by atoms with Gasteiger partial charge in [0.2, 0.25) is 0 Å². The SMILES string of the molecule is CCOC1CC(NC(=O)c2c(O)cccc2F)C1(C)C. The van der Waals surface area contributed by atoms with Gasteiger partial charge in [-0.05, 0) is 25.5 Å². The van der Waals surface area contributed by atoms with Crippen molar-refractivity contribution in [3.63, 3.8) is 0 Å². The molecule has 0 saturated heterocycles. The minimum absolute atomic E-state index is 0.0898. The van der Waals surface area contributed by atoms with Gasteiger partial charge in [-0.2, -0.15) is 0 Å². The number of carbonyl (C=O) groups is 1. The summed E-state index contributed by atoms with van der Waals surface area (Å²) in [5.74, 6) is -1.66. The van der Waals surface area contributed by atoms with Gasteiger partial charge in [-0.25, -0.2) is 4.39 Å². The molecular weight excluding hydrogens is 261 g/mol. The van der Waals surface area contributed by atoms with Crippen molar-refractivity contribution in [1.29, 1.82) is 0 Å². The van der Waals surface area contributed by atoms with Crippen molar-refractivity contribution >= 4 is 5.91 Å². The maximum Gasteiger partial charge on any atom is 0.258 e. The molecule has 1 aliphatic rings. The number of phenols is 1. The van der Waals surface area contributed by atoms with Crippen molar-refractivity contribution in [1.82, 2.24) is 5.32 Å². The van der Waals surface area contributed by atoms with Crippen molar-refractivity contribution < 1.29 is 19.0 Å². The molecule has 0 aromatic heterocycles. The van der Waals surface area contributed by atoms with Crippen LogP contribution in [0.3, 0.4) is 0 Å². The second-order valence-electron chi connectivity index (χ2n) is 5.66. The summed E-state index contributed by atoms with van der Waals surface area (Å²) in [5, 5.41) is 12.4. The molecule has 5 heteroatoms. The average molecular weight is 281 g/mol. The van der Waals surface area contributed by atoms with Crippen LogP contribution in [-0.4, -0.2) is 29.8 Å². The lowest BCUT2D eigenvalue weighted by Crippen LogP contribution is -2.62. The molecule has 1 amide bonds. The van der Waals surface area contributed by atoms with Crippen LogP contribution in [0.2, 0.25) is 0 Å². The molecule has 20 heavy (non-hydrogen) atoms. The summed E-state index contributed by atoms with van der Waals surface area (Å²) in [6.07, 6.45) is 0.786. The number of phenolic OH excluding ortho intramolecular Hbond substituents is 1. The Bertz CT molecular complexity index is 496. The molecule has 1 saturated carbocycles. The second-order valence-corrected chi connectivity index (χ2v) is 5.66. The van der Waals surface area contributed by atoms with Crippen LogP contribution in [0.5, 0.6) is 5.75 Å². The van der Waals surface area contributed by atoms with E-state index in [-0.39, 0.29) is 28.9 Å². The first-order chi connectivity index (χ1) is 9.37. The summed E-state index contributed by atoms with van der Waals surface area (Å²) in [5.41, 5.74) is -0.504. The Morgan fingerprint density at radius 3 is 2.80 bits per heavy atom. The number of carbonyl (C=O) groups excluding carboxylic acids is 1. The van der Waals surface area contributed by atoms with Crippen molar-refractivity contribution in [3.05, 3.63) is 29.6 Å². The molecular formula is C15H20FNO3. The van der Waals surface area contributed by atoms with E-state index in [4.69, 9.17) is 4.74 Å². The van der Waals surface area contributed by atoms with E-state index >= 15 is 0 Å². The van der Waals surface area contributed by atoms with Crippen LogP contribution in [0, 0.1) is 11.2 Å². The number of amides is 1. The summed E-state index contributed by atoms with van der Waals surface area (Å²) >= 11 is 0. The molecule has 0 aliphatic heterocycles. The maximum atomic E-state index is 13.6. The van der Waals surface area contributed by atoms with E-state index in [9.17, 15) is 14.3 Å².